The van der Waals surface area contributed by atoms with Crippen molar-refractivity contribution in [2.24, 2.45) is 0 Å². The largest absolute Gasteiger partial charge is 0.381 e. The lowest BCUT2D eigenvalue weighted by Gasteiger charge is -2.33. The number of hydrogen-bond acceptors (Lipinski definition) is 2. The Balaban J connectivity index is 1.78. The Kier molecular flexibility index (Phi) is 5.43. The molecule has 1 atom stereocenters. The SMILES string of the molecule is O=C(NC[C@@]1(c2ccccc2)CCCOCC1)c1ccc(F)c(F)c1. The third kappa shape index (κ3) is 4.04. The van der Waals surface area contributed by atoms with Crippen molar-refractivity contribution in [2.45, 2.75) is 24.7 Å². The molecule has 0 saturated carbocycles. The minimum absolute atomic E-state index is 0.118. The first-order valence-electron chi connectivity index (χ1n) is 8.47. The van der Waals surface area contributed by atoms with Crippen molar-refractivity contribution in [2.75, 3.05) is 19.8 Å². The molecule has 132 valence electrons. The molecule has 0 aromatic heterocycles. The molecular weight excluding hydrogens is 324 g/mol. The maximum atomic E-state index is 13.4. The van der Waals surface area contributed by atoms with Crippen molar-refractivity contribution >= 4 is 5.91 Å². The van der Waals surface area contributed by atoms with Gasteiger partial charge >= 0.3 is 0 Å². The number of rotatable bonds is 4. The first-order chi connectivity index (χ1) is 12.1. The maximum absolute atomic E-state index is 13.4. The Hall–Kier alpha value is -2.27. The third-order valence-electron chi connectivity index (χ3n) is 4.82. The van der Waals surface area contributed by atoms with Crippen LogP contribution < -0.4 is 5.32 Å². The van der Waals surface area contributed by atoms with Gasteiger partial charge in [-0.15, -0.1) is 0 Å². The van der Waals surface area contributed by atoms with E-state index in [1.165, 1.54) is 6.07 Å². The summed E-state index contributed by atoms with van der Waals surface area (Å²) in [6.45, 7) is 1.78. The van der Waals surface area contributed by atoms with Crippen LogP contribution in [0.4, 0.5) is 8.78 Å². The zero-order valence-electron chi connectivity index (χ0n) is 13.9. The van der Waals surface area contributed by atoms with E-state index < -0.39 is 17.5 Å². The number of hydrogen-bond donors (Lipinski definition) is 1. The number of carbonyl (C=O) groups is 1. The van der Waals surface area contributed by atoms with Crippen LogP contribution in [0.1, 0.15) is 35.2 Å². The average molecular weight is 345 g/mol. The second-order valence-electron chi connectivity index (χ2n) is 6.42. The predicted molar refractivity (Wildman–Crippen MR) is 91.5 cm³/mol. The Bertz CT molecular complexity index is 726. The van der Waals surface area contributed by atoms with Crippen LogP contribution in [0.15, 0.2) is 48.5 Å². The van der Waals surface area contributed by atoms with Gasteiger partial charge in [-0.2, -0.15) is 0 Å². The van der Waals surface area contributed by atoms with E-state index in [0.29, 0.717) is 19.8 Å². The van der Waals surface area contributed by atoms with Gasteiger partial charge < -0.3 is 10.1 Å². The molecule has 2 aromatic carbocycles. The molecule has 1 N–H and O–H groups in total. The van der Waals surface area contributed by atoms with E-state index in [1.54, 1.807) is 0 Å². The van der Waals surface area contributed by atoms with Gasteiger partial charge in [-0.25, -0.2) is 8.78 Å². The summed E-state index contributed by atoms with van der Waals surface area (Å²) in [6.07, 6.45) is 2.61. The minimum Gasteiger partial charge on any atom is -0.381 e. The second kappa shape index (κ2) is 7.74. The van der Waals surface area contributed by atoms with Gasteiger partial charge in [0.05, 0.1) is 0 Å². The highest BCUT2D eigenvalue weighted by molar-refractivity contribution is 5.94. The van der Waals surface area contributed by atoms with E-state index in [4.69, 9.17) is 4.74 Å². The van der Waals surface area contributed by atoms with Gasteiger partial charge in [0, 0.05) is 30.7 Å². The third-order valence-corrected chi connectivity index (χ3v) is 4.82. The van der Waals surface area contributed by atoms with Crippen LogP contribution >= 0.6 is 0 Å². The Morgan fingerprint density at radius 3 is 2.60 bits per heavy atom. The average Bonchev–Trinajstić information content (AvgIpc) is 2.89. The highest BCUT2D eigenvalue weighted by atomic mass is 19.2. The first-order valence-corrected chi connectivity index (χ1v) is 8.47. The van der Waals surface area contributed by atoms with Crippen LogP contribution in [0.3, 0.4) is 0 Å². The lowest BCUT2D eigenvalue weighted by Crippen LogP contribution is -2.41. The zero-order valence-corrected chi connectivity index (χ0v) is 13.9. The van der Waals surface area contributed by atoms with Gasteiger partial charge in [0.2, 0.25) is 0 Å². The monoisotopic (exact) mass is 345 g/mol. The Morgan fingerprint density at radius 1 is 1.04 bits per heavy atom. The first kappa shape index (κ1) is 17.5. The van der Waals surface area contributed by atoms with Crippen molar-refractivity contribution in [3.63, 3.8) is 0 Å². The van der Waals surface area contributed by atoms with Gasteiger partial charge in [0.25, 0.3) is 5.91 Å². The second-order valence-corrected chi connectivity index (χ2v) is 6.42. The zero-order chi connectivity index (χ0) is 17.7. The number of ether oxygens (including phenoxy) is 1. The molecule has 25 heavy (non-hydrogen) atoms. The summed E-state index contributed by atoms with van der Waals surface area (Å²) in [5, 5.41) is 2.90. The van der Waals surface area contributed by atoms with E-state index in [9.17, 15) is 13.6 Å². The molecule has 0 bridgehead atoms. The summed E-state index contributed by atoms with van der Waals surface area (Å²) >= 11 is 0. The fraction of sp³-hybridized carbons (Fsp3) is 0.350. The lowest BCUT2D eigenvalue weighted by molar-refractivity contribution is 0.0936. The highest BCUT2D eigenvalue weighted by Gasteiger charge is 2.33. The van der Waals surface area contributed by atoms with E-state index in [2.05, 4.69) is 17.4 Å². The molecule has 1 saturated heterocycles. The summed E-state index contributed by atoms with van der Waals surface area (Å²) in [5.41, 5.74) is 1.06. The topological polar surface area (TPSA) is 38.3 Å². The Labute approximate surface area is 146 Å². The summed E-state index contributed by atoms with van der Waals surface area (Å²) in [4.78, 5) is 12.4. The van der Waals surface area contributed by atoms with Crippen molar-refractivity contribution in [1.29, 1.82) is 0 Å². The molecule has 2 aromatic rings. The number of nitrogens with one attached hydrogen (secondary N) is 1. The quantitative estimate of drug-likeness (QED) is 0.914. The van der Waals surface area contributed by atoms with E-state index in [-0.39, 0.29) is 11.0 Å². The molecule has 1 heterocycles. The lowest BCUT2D eigenvalue weighted by atomic mass is 9.74. The summed E-state index contributed by atoms with van der Waals surface area (Å²) < 4.78 is 32.0. The van der Waals surface area contributed by atoms with Gasteiger partial charge in [0.1, 0.15) is 0 Å². The fourth-order valence-electron chi connectivity index (χ4n) is 3.36. The summed E-state index contributed by atoms with van der Waals surface area (Å²) in [5.74, 6) is -2.38. The van der Waals surface area contributed by atoms with E-state index in [0.717, 1.165) is 37.0 Å². The summed E-state index contributed by atoms with van der Waals surface area (Å²) in [6, 6.07) is 13.3. The number of benzene rings is 2. The molecule has 1 fully saturated rings. The van der Waals surface area contributed by atoms with Crippen molar-refractivity contribution in [3.8, 4) is 0 Å². The van der Waals surface area contributed by atoms with Crippen LogP contribution in [-0.2, 0) is 10.2 Å². The molecule has 3 nitrogen and oxygen atoms in total. The molecule has 0 radical (unpaired) electrons. The van der Waals surface area contributed by atoms with Crippen LogP contribution in [-0.4, -0.2) is 25.7 Å². The van der Waals surface area contributed by atoms with Crippen LogP contribution in [0.25, 0.3) is 0 Å². The predicted octanol–water partition coefficient (Wildman–Crippen LogP) is 3.83. The molecule has 1 amide bonds. The smallest absolute Gasteiger partial charge is 0.251 e. The van der Waals surface area contributed by atoms with Crippen molar-refractivity contribution in [3.05, 3.63) is 71.3 Å². The molecule has 0 spiro atoms. The maximum Gasteiger partial charge on any atom is 0.251 e. The minimum atomic E-state index is -1.02. The van der Waals surface area contributed by atoms with E-state index >= 15 is 0 Å². The number of carbonyl (C=O) groups excluding carboxylic acids is 1. The molecule has 5 heteroatoms. The molecule has 0 unspecified atom stereocenters. The molecule has 3 rings (SSSR count). The molecule has 0 aliphatic carbocycles. The van der Waals surface area contributed by atoms with Crippen LogP contribution in [0.5, 0.6) is 0 Å². The van der Waals surface area contributed by atoms with Crippen molar-refractivity contribution < 1.29 is 18.3 Å². The fourth-order valence-corrected chi connectivity index (χ4v) is 3.36. The van der Waals surface area contributed by atoms with Crippen LogP contribution in [0, 0.1) is 11.6 Å². The van der Waals surface area contributed by atoms with Gasteiger partial charge in [-0.1, -0.05) is 30.3 Å². The van der Waals surface area contributed by atoms with Crippen LogP contribution in [0.2, 0.25) is 0 Å². The number of halogens is 2. The van der Waals surface area contributed by atoms with Crippen molar-refractivity contribution in [1.82, 2.24) is 5.32 Å². The van der Waals surface area contributed by atoms with Gasteiger partial charge in [-0.05, 0) is 43.0 Å². The Morgan fingerprint density at radius 2 is 1.84 bits per heavy atom. The standard InChI is InChI=1S/C20H21F2NO2/c21-17-8-7-15(13-18(17)22)19(24)23-14-20(9-4-11-25-12-10-20)16-5-2-1-3-6-16/h1-3,5-8,13H,4,9-12,14H2,(H,23,24)/t20-/m1/s1. The highest BCUT2D eigenvalue weighted by Crippen LogP contribution is 2.34. The normalized spacial score (nSPS) is 20.7. The summed E-state index contributed by atoms with van der Waals surface area (Å²) in [7, 11) is 0. The molecule has 1 aliphatic heterocycles. The van der Waals surface area contributed by atoms with E-state index in [1.807, 2.05) is 18.2 Å². The van der Waals surface area contributed by atoms with Gasteiger partial charge in [-0.3, -0.25) is 4.79 Å². The van der Waals surface area contributed by atoms with Gasteiger partial charge in [0.15, 0.2) is 11.6 Å². The molecule has 1 aliphatic rings. The number of amides is 1. The molecular formula is C20H21F2NO2.